The Hall–Kier alpha value is -1.31. The molecule has 34 heavy (non-hydrogen) atoms. The molecule has 1 unspecified atom stereocenters. The quantitative estimate of drug-likeness (QED) is 0.389. The van der Waals surface area contributed by atoms with Crippen LogP contribution in [0.2, 0.25) is 36.3 Å². The Labute approximate surface area is 205 Å². The summed E-state index contributed by atoms with van der Waals surface area (Å²) < 4.78 is 27.3. The Morgan fingerprint density at radius 2 is 1.65 bits per heavy atom. The molecule has 1 aliphatic rings. The zero-order valence-corrected chi connectivity index (χ0v) is 24.6. The van der Waals surface area contributed by atoms with E-state index in [4.69, 9.17) is 18.3 Å². The smallest absolute Gasteiger partial charge is 0.330 e. The van der Waals surface area contributed by atoms with Crippen molar-refractivity contribution in [3.8, 4) is 0 Å². The maximum Gasteiger partial charge on any atom is 0.330 e. The van der Waals surface area contributed by atoms with Gasteiger partial charge in [0.15, 0.2) is 22.9 Å². The van der Waals surface area contributed by atoms with Crippen molar-refractivity contribution in [1.82, 2.24) is 9.55 Å². The standard InChI is InChI=1S/C24H44N2O6Si2/c1-12-15-29-19-17(16-30-33(8,9)23(2,3)4)31-21(26-14-13-18(27)25-22(26)28)20(19)32-34(10,11)24(5,6)7/h12-14,17,19-21H,1,15-16H2,2-11H3,(H,25,27,28)/t17-,19+,20?,21-/m1/s1. The van der Waals surface area contributed by atoms with Crippen molar-refractivity contribution in [2.24, 2.45) is 0 Å². The van der Waals surface area contributed by atoms with Gasteiger partial charge in [0.05, 0.1) is 13.2 Å². The van der Waals surface area contributed by atoms with Gasteiger partial charge in [0, 0.05) is 12.3 Å². The second-order valence-electron chi connectivity index (χ2n) is 12.1. The topological polar surface area (TPSA) is 91.8 Å². The number of hydrogen-bond acceptors (Lipinski definition) is 6. The normalized spacial score (nSPS) is 24.4. The van der Waals surface area contributed by atoms with Gasteiger partial charge in [-0.05, 0) is 36.3 Å². The maximum absolute atomic E-state index is 12.7. The zero-order valence-electron chi connectivity index (χ0n) is 22.6. The summed E-state index contributed by atoms with van der Waals surface area (Å²) in [7, 11) is -4.33. The largest absolute Gasteiger partial charge is 0.414 e. The van der Waals surface area contributed by atoms with Crippen LogP contribution < -0.4 is 11.2 Å². The fraction of sp³-hybridized carbons (Fsp3) is 0.750. The summed E-state index contributed by atoms with van der Waals surface area (Å²) in [5, 5.41) is -0.0262. The Balaban J connectivity index is 2.50. The van der Waals surface area contributed by atoms with E-state index < -0.39 is 52.4 Å². The summed E-state index contributed by atoms with van der Waals surface area (Å²) in [6, 6.07) is 1.31. The van der Waals surface area contributed by atoms with E-state index in [-0.39, 0.29) is 10.1 Å². The van der Waals surface area contributed by atoms with Crippen LogP contribution in [0.1, 0.15) is 47.8 Å². The van der Waals surface area contributed by atoms with E-state index in [9.17, 15) is 9.59 Å². The second-order valence-corrected chi connectivity index (χ2v) is 21.6. The minimum Gasteiger partial charge on any atom is -0.414 e. The van der Waals surface area contributed by atoms with Crippen molar-refractivity contribution in [2.75, 3.05) is 13.2 Å². The molecule has 0 spiro atoms. The highest BCUT2D eigenvalue weighted by Gasteiger charge is 2.52. The third kappa shape index (κ3) is 6.47. The molecule has 1 aromatic heterocycles. The van der Waals surface area contributed by atoms with Crippen molar-refractivity contribution in [3.05, 3.63) is 45.8 Å². The second kappa shape index (κ2) is 10.4. The van der Waals surface area contributed by atoms with Gasteiger partial charge in [0.1, 0.15) is 18.3 Å². The fourth-order valence-corrected chi connectivity index (χ4v) is 5.52. The number of nitrogens with one attached hydrogen (secondary N) is 1. The lowest BCUT2D eigenvalue weighted by molar-refractivity contribution is -0.0564. The first kappa shape index (κ1) is 28.9. The van der Waals surface area contributed by atoms with E-state index in [0.717, 1.165) is 0 Å². The van der Waals surface area contributed by atoms with E-state index in [0.29, 0.717) is 13.2 Å². The van der Waals surface area contributed by atoms with Gasteiger partial charge in [0.2, 0.25) is 0 Å². The molecule has 1 aliphatic heterocycles. The highest BCUT2D eigenvalue weighted by atomic mass is 28.4. The average Bonchev–Trinajstić information content (AvgIpc) is 2.99. The molecule has 0 amide bonds. The Morgan fingerprint density at radius 1 is 1.06 bits per heavy atom. The summed E-state index contributed by atoms with van der Waals surface area (Å²) in [4.78, 5) is 26.7. The predicted octanol–water partition coefficient (Wildman–Crippen LogP) is 4.42. The molecule has 1 saturated heterocycles. The van der Waals surface area contributed by atoms with Crippen LogP contribution >= 0.6 is 0 Å². The van der Waals surface area contributed by atoms with Crippen molar-refractivity contribution in [2.45, 2.75) is 102 Å². The lowest BCUT2D eigenvalue weighted by atomic mass is 10.1. The minimum absolute atomic E-state index is 0.0371. The van der Waals surface area contributed by atoms with Crippen molar-refractivity contribution < 1.29 is 18.3 Å². The van der Waals surface area contributed by atoms with E-state index in [2.05, 4.69) is 79.3 Å². The van der Waals surface area contributed by atoms with Crippen LogP contribution in [0.3, 0.4) is 0 Å². The fourth-order valence-electron chi connectivity index (χ4n) is 3.22. The Morgan fingerprint density at radius 3 is 2.15 bits per heavy atom. The van der Waals surface area contributed by atoms with Crippen molar-refractivity contribution >= 4 is 16.6 Å². The summed E-state index contributed by atoms with van der Waals surface area (Å²) >= 11 is 0. The molecule has 0 aliphatic carbocycles. The molecule has 0 bridgehead atoms. The molecule has 0 saturated carbocycles. The summed E-state index contributed by atoms with van der Waals surface area (Å²) in [5.74, 6) is 0. The number of aromatic amines is 1. The molecule has 4 atom stereocenters. The maximum atomic E-state index is 12.7. The number of aromatic nitrogens is 2. The Kier molecular flexibility index (Phi) is 8.81. The lowest BCUT2D eigenvalue weighted by Crippen LogP contribution is -2.51. The molecule has 1 fully saturated rings. The van der Waals surface area contributed by atoms with E-state index >= 15 is 0 Å². The van der Waals surface area contributed by atoms with Crippen LogP contribution in [0.15, 0.2) is 34.5 Å². The first-order valence-corrected chi connectivity index (χ1v) is 17.7. The third-order valence-electron chi connectivity index (χ3n) is 7.47. The van der Waals surface area contributed by atoms with Crippen molar-refractivity contribution in [1.29, 1.82) is 0 Å². The molecular formula is C24H44N2O6Si2. The zero-order chi connectivity index (χ0) is 26.1. The number of nitrogens with zero attached hydrogens (tertiary/aromatic N) is 1. The van der Waals surface area contributed by atoms with E-state index in [1.165, 1.54) is 16.8 Å². The molecule has 0 radical (unpaired) electrons. The first-order chi connectivity index (χ1) is 15.4. The summed E-state index contributed by atoms with van der Waals surface area (Å²) in [6.07, 6.45) is 0.900. The van der Waals surface area contributed by atoms with Gasteiger partial charge in [-0.3, -0.25) is 14.3 Å². The van der Waals surface area contributed by atoms with Gasteiger partial charge in [-0.25, -0.2) is 4.79 Å². The van der Waals surface area contributed by atoms with Gasteiger partial charge in [-0.15, -0.1) is 6.58 Å². The number of rotatable bonds is 9. The van der Waals surface area contributed by atoms with E-state index in [1.54, 1.807) is 6.08 Å². The SMILES string of the molecule is C=CCO[C@@H]1C(O[Si](C)(C)C(C)(C)C)[C@H](n2ccc(=O)[nH]c2=O)O[C@@H]1CO[Si](C)(C)C(C)(C)C. The number of H-pyrrole nitrogens is 1. The number of ether oxygens (including phenoxy) is 2. The summed E-state index contributed by atoms with van der Waals surface area (Å²) in [5.41, 5.74) is -1.01. The molecular weight excluding hydrogens is 468 g/mol. The van der Waals surface area contributed by atoms with Crippen LogP contribution in [0.4, 0.5) is 0 Å². The van der Waals surface area contributed by atoms with Crippen LogP contribution in [-0.4, -0.2) is 57.7 Å². The van der Waals surface area contributed by atoms with Gasteiger partial charge < -0.3 is 18.3 Å². The molecule has 1 aromatic rings. The molecule has 194 valence electrons. The molecule has 2 heterocycles. The monoisotopic (exact) mass is 512 g/mol. The molecule has 1 N–H and O–H groups in total. The van der Waals surface area contributed by atoms with Gasteiger partial charge in [-0.2, -0.15) is 0 Å². The third-order valence-corrected chi connectivity index (χ3v) is 16.4. The Bertz CT molecular complexity index is 958. The van der Waals surface area contributed by atoms with Gasteiger partial charge >= 0.3 is 5.69 Å². The predicted molar refractivity (Wildman–Crippen MR) is 140 cm³/mol. The van der Waals surface area contributed by atoms with Gasteiger partial charge in [0.25, 0.3) is 5.56 Å². The summed E-state index contributed by atoms with van der Waals surface area (Å²) in [6.45, 7) is 26.2. The highest BCUT2D eigenvalue weighted by Crippen LogP contribution is 2.43. The lowest BCUT2D eigenvalue weighted by Gasteiger charge is -2.40. The van der Waals surface area contributed by atoms with Gasteiger partial charge in [-0.1, -0.05) is 47.6 Å². The van der Waals surface area contributed by atoms with Crippen LogP contribution in [0.25, 0.3) is 0 Å². The number of hydrogen-bond donors (Lipinski definition) is 1. The minimum atomic E-state index is -2.28. The molecule has 10 heteroatoms. The highest BCUT2D eigenvalue weighted by molar-refractivity contribution is 6.74. The van der Waals surface area contributed by atoms with Crippen LogP contribution in [0, 0.1) is 0 Å². The van der Waals surface area contributed by atoms with Crippen molar-refractivity contribution in [3.63, 3.8) is 0 Å². The van der Waals surface area contributed by atoms with Crippen LogP contribution in [-0.2, 0) is 18.3 Å². The first-order valence-electron chi connectivity index (χ1n) is 11.9. The molecule has 2 rings (SSSR count). The van der Waals surface area contributed by atoms with E-state index in [1.807, 2.05) is 0 Å². The van der Waals surface area contributed by atoms with Crippen LogP contribution in [0.5, 0.6) is 0 Å². The molecule has 0 aromatic carbocycles. The average molecular weight is 513 g/mol. The molecule has 8 nitrogen and oxygen atoms in total.